The van der Waals surface area contributed by atoms with Crippen molar-refractivity contribution in [1.29, 1.82) is 0 Å². The van der Waals surface area contributed by atoms with Crippen molar-refractivity contribution in [2.75, 3.05) is 26.4 Å². The average Bonchev–Trinajstić information content (AvgIpc) is 3.62. The molecule has 0 radical (unpaired) electrons. The minimum Gasteiger partial charge on any atom is -0.370 e. The van der Waals surface area contributed by atoms with Crippen LogP contribution in [0.5, 0.6) is 0 Å². The van der Waals surface area contributed by atoms with Crippen LogP contribution in [-0.2, 0) is 45.4 Å². The molecule has 2 heterocycles. The Hall–Kier alpha value is 0.440. The molecule has 0 aromatic rings. The molecule has 0 aromatic carbocycles. The molecule has 0 aliphatic carbocycles. The second-order valence-corrected chi connectivity index (χ2v) is 14.6. The summed E-state index contributed by atoms with van der Waals surface area (Å²) in [6, 6.07) is 0. The van der Waals surface area contributed by atoms with E-state index in [4.69, 9.17) is 38.8 Å². The van der Waals surface area contributed by atoms with Gasteiger partial charge in [-0.25, -0.2) is 18.3 Å². The van der Waals surface area contributed by atoms with E-state index in [1.165, 1.54) is 0 Å². The molecule has 16 nitrogen and oxygen atoms in total. The smallest absolute Gasteiger partial charge is 0.370 e. The molecule has 20 heteroatoms. The molecule has 0 amide bonds. The molecular weight excluding hydrogens is 584 g/mol. The van der Waals surface area contributed by atoms with Crippen LogP contribution in [0.15, 0.2) is 0 Å². The standard InChI is InChI=1S/C9H20O8P2.C8H18O8P2/c1-2-9(8-15-9)6-4-3-5-7-16-19(13,14)17-18(10,11)12;1-8(7-14-8)5-3-2-4-6-15-18(12,13)16-17(9,10)11/h2-8H2,1H3,(H,13,14)(H2,10,11,12);2-7H2,1H3,(H,12,13)(H2,9,10,11). The maximum atomic E-state index is 11.1. The number of unbranched alkanes of at least 4 members (excludes halogenated alkanes) is 4. The Bertz CT molecular complexity index is 877. The van der Waals surface area contributed by atoms with E-state index in [0.717, 1.165) is 58.2 Å². The third kappa shape index (κ3) is 19.2. The van der Waals surface area contributed by atoms with Crippen LogP contribution in [0.3, 0.4) is 0 Å². The zero-order valence-electron chi connectivity index (χ0n) is 20.7. The Morgan fingerprint density at radius 2 is 1.08 bits per heavy atom. The van der Waals surface area contributed by atoms with E-state index in [-0.39, 0.29) is 24.4 Å². The normalized spacial score (nSPS) is 26.5. The average molecular weight is 622 g/mol. The summed E-state index contributed by atoms with van der Waals surface area (Å²) in [6.07, 6.45) is 7.21. The molecule has 0 bridgehead atoms. The number of epoxide rings is 2. The summed E-state index contributed by atoms with van der Waals surface area (Å²) >= 11 is 0. The number of phosphoric acid groups is 4. The van der Waals surface area contributed by atoms with Crippen molar-refractivity contribution in [3.05, 3.63) is 0 Å². The van der Waals surface area contributed by atoms with E-state index in [2.05, 4.69) is 24.6 Å². The van der Waals surface area contributed by atoms with Crippen LogP contribution in [0.2, 0.25) is 0 Å². The Morgan fingerprint density at radius 3 is 1.41 bits per heavy atom. The van der Waals surface area contributed by atoms with Crippen LogP contribution in [0.1, 0.15) is 71.6 Å². The molecule has 2 aliphatic heterocycles. The minimum absolute atomic E-state index is 0.00332. The predicted molar refractivity (Wildman–Crippen MR) is 128 cm³/mol. The van der Waals surface area contributed by atoms with Gasteiger partial charge < -0.3 is 38.8 Å². The summed E-state index contributed by atoms with van der Waals surface area (Å²) < 4.78 is 69.5. The third-order valence-electron chi connectivity index (χ3n) is 5.39. The van der Waals surface area contributed by atoms with Crippen LogP contribution >= 0.6 is 31.3 Å². The van der Waals surface area contributed by atoms with Gasteiger partial charge in [0.25, 0.3) is 0 Å². The fraction of sp³-hybridized carbons (Fsp3) is 1.00. The molecular formula is C17H38O16P4. The van der Waals surface area contributed by atoms with Crippen molar-refractivity contribution in [3.63, 3.8) is 0 Å². The van der Waals surface area contributed by atoms with E-state index in [0.29, 0.717) is 12.8 Å². The van der Waals surface area contributed by atoms with Gasteiger partial charge in [0.2, 0.25) is 0 Å². The second kappa shape index (κ2) is 14.9. The van der Waals surface area contributed by atoms with E-state index in [1.54, 1.807) is 0 Å². The highest BCUT2D eigenvalue weighted by Gasteiger charge is 2.41. The summed E-state index contributed by atoms with van der Waals surface area (Å²) in [5.74, 6) is 0. The first-order chi connectivity index (χ1) is 16.8. The highest BCUT2D eigenvalue weighted by Crippen LogP contribution is 2.58. The number of hydrogen-bond donors (Lipinski definition) is 6. The molecule has 222 valence electrons. The first-order valence-corrected chi connectivity index (χ1v) is 17.6. The van der Waals surface area contributed by atoms with Gasteiger partial charge in [0.1, 0.15) is 0 Å². The molecule has 0 aromatic heterocycles. The SMILES string of the molecule is CC1(CCCCCOP(=O)(O)OP(=O)(O)O)CO1.CCC1(CCCCCOP(=O)(O)OP(=O)(O)O)CO1. The summed E-state index contributed by atoms with van der Waals surface area (Å²) in [5, 5.41) is 0. The lowest BCUT2D eigenvalue weighted by atomic mass is 10.00. The predicted octanol–water partition coefficient (Wildman–Crippen LogP) is 3.51. The Balaban J connectivity index is 0.000000371. The van der Waals surface area contributed by atoms with Gasteiger partial charge in [-0.05, 0) is 39.0 Å². The first-order valence-electron chi connectivity index (χ1n) is 11.6. The molecule has 4 atom stereocenters. The van der Waals surface area contributed by atoms with Gasteiger partial charge in [0, 0.05) is 0 Å². The quantitative estimate of drug-likeness (QED) is 0.0684. The molecule has 2 aliphatic rings. The summed E-state index contributed by atoms with van der Waals surface area (Å²) in [5.41, 5.74) is 0.0350. The van der Waals surface area contributed by atoms with Crippen LogP contribution < -0.4 is 0 Å². The van der Waals surface area contributed by atoms with Gasteiger partial charge in [-0.1, -0.05) is 32.6 Å². The monoisotopic (exact) mass is 622 g/mol. The Kier molecular flexibility index (Phi) is 14.3. The topological polar surface area (TPSA) is 252 Å². The maximum absolute atomic E-state index is 11.1. The summed E-state index contributed by atoms with van der Waals surface area (Å²) in [6.45, 7) is 5.46. The molecule has 2 rings (SSSR count). The van der Waals surface area contributed by atoms with Crippen molar-refractivity contribution in [1.82, 2.24) is 0 Å². The highest BCUT2D eigenvalue weighted by molar-refractivity contribution is 7.61. The van der Waals surface area contributed by atoms with Crippen LogP contribution in [-0.4, -0.2) is 67.0 Å². The van der Waals surface area contributed by atoms with Gasteiger partial charge >= 0.3 is 31.3 Å². The van der Waals surface area contributed by atoms with Gasteiger partial charge in [-0.2, -0.15) is 8.62 Å². The molecule has 2 fully saturated rings. The van der Waals surface area contributed by atoms with E-state index in [9.17, 15) is 18.3 Å². The molecule has 2 saturated heterocycles. The number of rotatable bonds is 19. The highest BCUT2D eigenvalue weighted by atomic mass is 31.3. The van der Waals surface area contributed by atoms with Crippen molar-refractivity contribution in [3.8, 4) is 0 Å². The molecule has 6 N–H and O–H groups in total. The number of ether oxygens (including phenoxy) is 2. The minimum atomic E-state index is -5.02. The van der Waals surface area contributed by atoms with Crippen LogP contribution in [0.4, 0.5) is 0 Å². The van der Waals surface area contributed by atoms with E-state index >= 15 is 0 Å². The molecule has 4 unspecified atom stereocenters. The Morgan fingerprint density at radius 1 is 0.676 bits per heavy atom. The van der Waals surface area contributed by atoms with Crippen molar-refractivity contribution < 1.29 is 74.8 Å². The van der Waals surface area contributed by atoms with Crippen LogP contribution in [0.25, 0.3) is 0 Å². The number of hydrogen-bond acceptors (Lipinski definition) is 10. The van der Waals surface area contributed by atoms with Gasteiger partial charge in [-0.15, -0.1) is 0 Å². The Labute approximate surface area is 215 Å². The van der Waals surface area contributed by atoms with E-state index in [1.807, 2.05) is 6.92 Å². The fourth-order valence-corrected chi connectivity index (χ4v) is 6.32. The van der Waals surface area contributed by atoms with Gasteiger partial charge in [0.05, 0.1) is 37.6 Å². The van der Waals surface area contributed by atoms with Gasteiger partial charge in [0.15, 0.2) is 0 Å². The molecule has 37 heavy (non-hydrogen) atoms. The maximum Gasteiger partial charge on any atom is 0.481 e. The summed E-state index contributed by atoms with van der Waals surface area (Å²) in [4.78, 5) is 51.4. The summed E-state index contributed by atoms with van der Waals surface area (Å²) in [7, 11) is -19.4. The van der Waals surface area contributed by atoms with Crippen molar-refractivity contribution in [2.24, 2.45) is 0 Å². The second-order valence-electron chi connectivity index (χ2n) is 8.93. The lowest BCUT2D eigenvalue weighted by Crippen LogP contribution is -2.08. The molecule has 0 saturated carbocycles. The largest absolute Gasteiger partial charge is 0.481 e. The molecule has 0 spiro atoms. The third-order valence-corrected chi connectivity index (χ3v) is 9.76. The van der Waals surface area contributed by atoms with Gasteiger partial charge in [-0.3, -0.25) is 9.05 Å². The zero-order chi connectivity index (χ0) is 28.4. The lowest BCUT2D eigenvalue weighted by Gasteiger charge is -2.12. The van der Waals surface area contributed by atoms with Crippen LogP contribution in [0, 0.1) is 0 Å². The van der Waals surface area contributed by atoms with E-state index < -0.39 is 31.3 Å². The fourth-order valence-electron chi connectivity index (χ4n) is 3.07. The lowest BCUT2D eigenvalue weighted by molar-refractivity contribution is 0.172. The van der Waals surface area contributed by atoms with Crippen molar-refractivity contribution in [2.45, 2.75) is 82.8 Å². The number of phosphoric ester groups is 2. The zero-order valence-corrected chi connectivity index (χ0v) is 24.3. The van der Waals surface area contributed by atoms with Crippen molar-refractivity contribution >= 4 is 31.3 Å². The first kappa shape index (κ1) is 35.5.